The average Bonchev–Trinajstić information content (AvgIpc) is 2.17. The molecule has 0 saturated heterocycles. The van der Waals surface area contributed by atoms with E-state index in [2.05, 4.69) is 46.8 Å². The highest BCUT2D eigenvalue weighted by atomic mass is 14.0. The van der Waals surface area contributed by atoms with Gasteiger partial charge in [0.2, 0.25) is 0 Å². The quantitative estimate of drug-likeness (QED) is 0.384. The van der Waals surface area contributed by atoms with Crippen LogP contribution in [-0.4, -0.2) is 0 Å². The molecule has 0 nitrogen and oxygen atoms in total. The van der Waals surface area contributed by atoms with Crippen molar-refractivity contribution in [1.82, 2.24) is 0 Å². The van der Waals surface area contributed by atoms with Crippen molar-refractivity contribution in [3.05, 3.63) is 29.2 Å². The van der Waals surface area contributed by atoms with Crippen LogP contribution in [0, 0.1) is 5.92 Å². The molecule has 0 fully saturated rings. The Hall–Kier alpha value is -0.650. The summed E-state index contributed by atoms with van der Waals surface area (Å²) in [5.41, 5.74) is 3.05. The van der Waals surface area contributed by atoms with Crippen LogP contribution < -0.4 is 0 Å². The zero-order valence-electron chi connectivity index (χ0n) is 11.2. The van der Waals surface area contributed by atoms with Crippen LogP contribution in [0.25, 0.3) is 0 Å². The smallest absolute Gasteiger partial charge is 0.0887 e. The van der Waals surface area contributed by atoms with Crippen molar-refractivity contribution in [3.63, 3.8) is 0 Å². The molecule has 0 N–H and O–H groups in total. The largest absolute Gasteiger partial charge is 0.0897 e. The van der Waals surface area contributed by atoms with Crippen molar-refractivity contribution in [1.29, 1.82) is 0 Å². The molecule has 0 rings (SSSR count). The summed E-state index contributed by atoms with van der Waals surface area (Å²) in [5, 5.41) is 0. The minimum atomic E-state index is 1.21. The van der Waals surface area contributed by atoms with Gasteiger partial charge >= 0.3 is 0 Å². The van der Waals surface area contributed by atoms with E-state index in [1.165, 1.54) is 37.7 Å². The van der Waals surface area contributed by atoms with Crippen molar-refractivity contribution in [3.8, 4) is 0 Å². The summed E-state index contributed by atoms with van der Waals surface area (Å²) < 4.78 is 0. The van der Waals surface area contributed by atoms with Gasteiger partial charge in [-0.05, 0) is 46.5 Å². The van der Waals surface area contributed by atoms with E-state index in [9.17, 15) is 0 Å². The minimum absolute atomic E-state index is 1.21. The molecule has 86 valence electrons. The van der Waals surface area contributed by atoms with Gasteiger partial charge in [0, 0.05) is 0 Å². The van der Waals surface area contributed by atoms with Gasteiger partial charge in [-0.1, -0.05) is 23.3 Å². The summed E-state index contributed by atoms with van der Waals surface area (Å²) in [7, 11) is 0. The van der Waals surface area contributed by atoms with Crippen molar-refractivity contribution in [2.24, 2.45) is 0 Å². The van der Waals surface area contributed by atoms with Crippen molar-refractivity contribution < 1.29 is 0 Å². The van der Waals surface area contributed by atoms with Gasteiger partial charge in [-0.25, -0.2) is 0 Å². The van der Waals surface area contributed by atoms with Gasteiger partial charge in [0.05, 0.1) is 26.2 Å². The maximum absolute atomic E-state index is 2.40. The maximum Gasteiger partial charge on any atom is 0.0897 e. The second-order valence-electron chi connectivity index (χ2n) is 4.78. The molecule has 0 heteroatoms. The summed E-state index contributed by atoms with van der Waals surface area (Å²) in [5.74, 6) is 1.55. The Morgan fingerprint density at radius 3 is 2.27 bits per heavy atom. The summed E-state index contributed by atoms with van der Waals surface area (Å²) >= 11 is 0. The lowest BCUT2D eigenvalue weighted by Gasteiger charge is -2.01. The molecule has 0 aliphatic carbocycles. The van der Waals surface area contributed by atoms with Crippen molar-refractivity contribution >= 4 is 0 Å². The fourth-order valence-corrected chi connectivity index (χ4v) is 1.51. The third kappa shape index (κ3) is 9.65. The molecular weight excluding hydrogens is 180 g/mol. The van der Waals surface area contributed by atoms with E-state index in [0.717, 1.165) is 0 Å². The van der Waals surface area contributed by atoms with Crippen LogP contribution in [0.4, 0.5) is 0 Å². The molecule has 0 atom stereocenters. The third-order valence-electron chi connectivity index (χ3n) is 2.77. The Balaban J connectivity index is 3.61. The first kappa shape index (κ1) is 14.3. The predicted octanol–water partition coefficient (Wildman–Crippen LogP) is 5.46. The Kier molecular flexibility index (Phi) is 8.27. The summed E-state index contributed by atoms with van der Waals surface area (Å²) in [6.45, 7) is 11.0. The van der Waals surface area contributed by atoms with Crippen LogP contribution in [0.3, 0.4) is 0 Å². The zero-order chi connectivity index (χ0) is 11.7. The molecule has 0 saturated carbocycles. The van der Waals surface area contributed by atoms with E-state index in [0.29, 0.717) is 0 Å². The Bertz CT molecular complexity index is 206. The van der Waals surface area contributed by atoms with Gasteiger partial charge in [0.25, 0.3) is 0 Å². The molecule has 0 spiro atoms. The monoisotopic (exact) mass is 207 g/mol. The Labute approximate surface area is 96.5 Å². The number of rotatable bonds is 7. The van der Waals surface area contributed by atoms with E-state index in [1.54, 1.807) is 11.5 Å². The van der Waals surface area contributed by atoms with Crippen molar-refractivity contribution in [2.45, 2.75) is 66.7 Å². The highest BCUT2D eigenvalue weighted by molar-refractivity contribution is 5.02. The SMILES string of the molecule is C/C=C(\C)CC/C=C(\C)CCC[C+](C)C. The molecule has 0 amide bonds. The Morgan fingerprint density at radius 2 is 1.73 bits per heavy atom. The molecule has 15 heavy (non-hydrogen) atoms. The van der Waals surface area contributed by atoms with Gasteiger partial charge in [0.15, 0.2) is 0 Å². The van der Waals surface area contributed by atoms with E-state index >= 15 is 0 Å². The number of hydrogen-bond acceptors (Lipinski definition) is 0. The van der Waals surface area contributed by atoms with Crippen LogP contribution in [0.2, 0.25) is 0 Å². The molecular formula is C15H27+. The van der Waals surface area contributed by atoms with E-state index in [1.807, 2.05) is 0 Å². The van der Waals surface area contributed by atoms with Crippen LogP contribution in [-0.2, 0) is 0 Å². The third-order valence-corrected chi connectivity index (χ3v) is 2.77. The maximum atomic E-state index is 2.40. The van der Waals surface area contributed by atoms with Crippen LogP contribution in [0.5, 0.6) is 0 Å². The van der Waals surface area contributed by atoms with E-state index < -0.39 is 0 Å². The second kappa shape index (κ2) is 8.64. The lowest BCUT2D eigenvalue weighted by atomic mass is 10.0. The van der Waals surface area contributed by atoms with Crippen LogP contribution >= 0.6 is 0 Å². The first-order chi connectivity index (χ1) is 7.06. The normalized spacial score (nSPS) is 13.1. The first-order valence-electron chi connectivity index (χ1n) is 6.12. The van der Waals surface area contributed by atoms with Gasteiger partial charge < -0.3 is 0 Å². The molecule has 0 aromatic carbocycles. The fraction of sp³-hybridized carbons (Fsp3) is 0.667. The molecule has 0 heterocycles. The standard InChI is InChI=1S/C15H27/c1-6-14(4)10-8-12-15(5)11-7-9-13(2)3/h6,12H,7-11H2,1-5H3/q+1/b14-6+,15-12+. The summed E-state index contributed by atoms with van der Waals surface area (Å²) in [4.78, 5) is 0. The molecule has 0 aliphatic rings. The molecule has 0 unspecified atom stereocenters. The number of hydrogen-bond donors (Lipinski definition) is 0. The van der Waals surface area contributed by atoms with Gasteiger partial charge in [-0.3, -0.25) is 0 Å². The molecule has 0 radical (unpaired) electrons. The van der Waals surface area contributed by atoms with Crippen molar-refractivity contribution in [2.75, 3.05) is 0 Å². The molecule has 0 aromatic heterocycles. The molecule has 0 aliphatic heterocycles. The van der Waals surface area contributed by atoms with E-state index in [4.69, 9.17) is 0 Å². The van der Waals surface area contributed by atoms with Gasteiger partial charge in [-0.15, -0.1) is 0 Å². The lowest BCUT2D eigenvalue weighted by Crippen LogP contribution is -1.86. The number of allylic oxidation sites excluding steroid dienone is 4. The highest BCUT2D eigenvalue weighted by Crippen LogP contribution is 2.14. The van der Waals surface area contributed by atoms with Crippen LogP contribution in [0.1, 0.15) is 66.7 Å². The van der Waals surface area contributed by atoms with Gasteiger partial charge in [-0.2, -0.15) is 0 Å². The Morgan fingerprint density at radius 1 is 1.07 bits per heavy atom. The minimum Gasteiger partial charge on any atom is -0.0887 e. The topological polar surface area (TPSA) is 0 Å². The summed E-state index contributed by atoms with van der Waals surface area (Å²) in [6.07, 6.45) is 10.9. The molecule has 0 bridgehead atoms. The summed E-state index contributed by atoms with van der Waals surface area (Å²) in [6, 6.07) is 0. The van der Waals surface area contributed by atoms with E-state index in [-0.39, 0.29) is 0 Å². The predicted molar refractivity (Wildman–Crippen MR) is 70.9 cm³/mol. The first-order valence-corrected chi connectivity index (χ1v) is 6.12. The highest BCUT2D eigenvalue weighted by Gasteiger charge is 2.03. The second-order valence-corrected chi connectivity index (χ2v) is 4.78. The lowest BCUT2D eigenvalue weighted by molar-refractivity contribution is 0.738. The zero-order valence-corrected chi connectivity index (χ0v) is 11.2. The molecule has 0 aromatic rings. The van der Waals surface area contributed by atoms with Crippen LogP contribution in [0.15, 0.2) is 23.3 Å². The van der Waals surface area contributed by atoms with Gasteiger partial charge in [0.1, 0.15) is 0 Å². The average molecular weight is 207 g/mol. The fourth-order valence-electron chi connectivity index (χ4n) is 1.51.